The second kappa shape index (κ2) is 8.23. The van der Waals surface area contributed by atoms with Crippen LogP contribution in [0.3, 0.4) is 0 Å². The van der Waals surface area contributed by atoms with Crippen molar-refractivity contribution in [1.82, 2.24) is 14.6 Å². The maximum absolute atomic E-state index is 11.9. The number of hydrogen-bond acceptors (Lipinski definition) is 9. The van der Waals surface area contributed by atoms with Crippen LogP contribution in [0.1, 0.15) is 18.2 Å². The molecule has 1 saturated carbocycles. The lowest BCUT2D eigenvalue weighted by molar-refractivity contribution is -0.0204. The van der Waals surface area contributed by atoms with Gasteiger partial charge in [0.15, 0.2) is 16.7 Å². The van der Waals surface area contributed by atoms with Crippen molar-refractivity contribution in [2.45, 2.75) is 30.8 Å². The largest absolute Gasteiger partial charge is 0.387 e. The van der Waals surface area contributed by atoms with E-state index in [4.69, 9.17) is 30.6 Å². The molecule has 33 heavy (non-hydrogen) atoms. The molecule has 5 rings (SSSR count). The first kappa shape index (κ1) is 23.6. The zero-order valence-electron chi connectivity index (χ0n) is 17.1. The van der Waals surface area contributed by atoms with Gasteiger partial charge < -0.3 is 39.1 Å². The molecule has 1 aliphatic carbocycles. The first-order valence-electron chi connectivity index (χ1n) is 10.2. The van der Waals surface area contributed by atoms with E-state index in [0.29, 0.717) is 23.2 Å². The van der Waals surface area contributed by atoms with Gasteiger partial charge in [-0.2, -0.15) is 5.10 Å². The molecular formula is C17H23ClN4O9P2. The minimum atomic E-state index is -4.80. The van der Waals surface area contributed by atoms with Crippen molar-refractivity contribution in [3.8, 4) is 0 Å². The SMILES string of the molecule is O=P(O)(O)CP(=O)(O)OC[C@H]1O[C@@H](c2cnc3c(N4CC5C[C@@H]5C4)cc(Cl)nn23)[C@H](O)[C@@H]1O. The molecule has 0 radical (unpaired) electrons. The molecule has 3 fully saturated rings. The predicted octanol–water partition coefficient (Wildman–Crippen LogP) is 0.338. The highest BCUT2D eigenvalue weighted by Crippen LogP contribution is 2.55. The van der Waals surface area contributed by atoms with Gasteiger partial charge in [0.1, 0.15) is 24.4 Å². The lowest BCUT2D eigenvalue weighted by Gasteiger charge is -2.21. The van der Waals surface area contributed by atoms with E-state index in [0.717, 1.165) is 18.8 Å². The van der Waals surface area contributed by atoms with E-state index in [1.807, 2.05) is 0 Å². The summed E-state index contributed by atoms with van der Waals surface area (Å²) in [5, 5.41) is 25.4. The summed E-state index contributed by atoms with van der Waals surface area (Å²) in [6.07, 6.45) is -2.61. The third kappa shape index (κ3) is 4.72. The number of ether oxygens (including phenoxy) is 1. The molecule has 0 bridgehead atoms. The molecule has 5 N–H and O–H groups in total. The van der Waals surface area contributed by atoms with Gasteiger partial charge >= 0.3 is 15.2 Å². The second-order valence-electron chi connectivity index (χ2n) is 8.75. The fraction of sp³-hybridized carbons (Fsp3) is 0.647. The first-order valence-corrected chi connectivity index (χ1v) is 14.2. The van der Waals surface area contributed by atoms with Gasteiger partial charge in [-0.15, -0.1) is 0 Å². The van der Waals surface area contributed by atoms with Crippen LogP contribution in [0.4, 0.5) is 5.69 Å². The summed E-state index contributed by atoms with van der Waals surface area (Å²) in [6, 6.07) is 1.73. The summed E-state index contributed by atoms with van der Waals surface area (Å²) in [5.74, 6) is -0.0170. The van der Waals surface area contributed by atoms with Crippen molar-refractivity contribution in [2.24, 2.45) is 11.8 Å². The molecule has 7 atom stereocenters. The van der Waals surface area contributed by atoms with Crippen LogP contribution in [0.5, 0.6) is 0 Å². The molecular weight excluding hydrogens is 502 g/mol. The number of aliphatic hydroxyl groups is 2. The van der Waals surface area contributed by atoms with Crippen molar-refractivity contribution in [1.29, 1.82) is 0 Å². The van der Waals surface area contributed by atoms with Crippen molar-refractivity contribution in [3.05, 3.63) is 23.1 Å². The zero-order chi connectivity index (χ0) is 23.7. The number of aliphatic hydroxyl groups excluding tert-OH is 2. The van der Waals surface area contributed by atoms with E-state index in [1.165, 1.54) is 17.1 Å². The van der Waals surface area contributed by atoms with E-state index < -0.39 is 52.1 Å². The maximum atomic E-state index is 11.9. The monoisotopic (exact) mass is 524 g/mol. The van der Waals surface area contributed by atoms with Crippen molar-refractivity contribution >= 4 is 38.1 Å². The Balaban J connectivity index is 1.36. The molecule has 2 unspecified atom stereocenters. The van der Waals surface area contributed by atoms with Gasteiger partial charge in [0.2, 0.25) is 0 Å². The fourth-order valence-corrected chi connectivity index (χ4v) is 7.30. The third-order valence-corrected chi connectivity index (χ3v) is 9.86. The first-order chi connectivity index (χ1) is 15.4. The number of hydrogen-bond donors (Lipinski definition) is 5. The standard InChI is InChI=1S/C17H23ClN4O9P2/c18-13-2-10(21-4-8-1-9(8)5-21)17-19-3-11(22(17)20-13)16-15(24)14(23)12(31-16)6-30-33(28,29)7-32(25,26)27/h2-3,8-9,12,14-16,23-24H,1,4-7H2,(H,28,29)(H2,25,26,27)/t8-,9?,12-,14-,15-,16+/m1/s1. The van der Waals surface area contributed by atoms with Crippen LogP contribution in [0.15, 0.2) is 12.3 Å². The van der Waals surface area contributed by atoms with Crippen molar-refractivity contribution in [2.75, 3.05) is 30.5 Å². The zero-order valence-corrected chi connectivity index (χ0v) is 19.6. The number of aromatic nitrogens is 3. The van der Waals surface area contributed by atoms with Gasteiger partial charge in [-0.05, 0) is 18.3 Å². The average Bonchev–Trinajstić information content (AvgIpc) is 3.01. The Morgan fingerprint density at radius 3 is 2.55 bits per heavy atom. The Bertz CT molecular complexity index is 1160. The molecule has 3 aliphatic rings. The van der Waals surface area contributed by atoms with Gasteiger partial charge in [0.05, 0.1) is 24.2 Å². The van der Waals surface area contributed by atoms with Crippen molar-refractivity contribution < 1.29 is 43.3 Å². The molecule has 2 aromatic rings. The van der Waals surface area contributed by atoms with E-state index >= 15 is 0 Å². The van der Waals surface area contributed by atoms with Crippen LogP contribution in [-0.2, 0) is 18.4 Å². The molecule has 13 nitrogen and oxygen atoms in total. The molecule has 2 aromatic heterocycles. The Morgan fingerprint density at radius 1 is 1.18 bits per heavy atom. The molecule has 16 heteroatoms. The Labute approximate surface area is 192 Å². The van der Waals surface area contributed by atoms with Crippen LogP contribution in [-0.4, -0.2) is 83.4 Å². The highest BCUT2D eigenvalue weighted by Gasteiger charge is 2.47. The smallest absolute Gasteiger partial charge is 0.340 e. The number of piperidine rings is 1. The number of fused-ring (bicyclic) bond motifs is 2. The van der Waals surface area contributed by atoms with Crippen LogP contribution >= 0.6 is 26.8 Å². The summed E-state index contributed by atoms with van der Waals surface area (Å²) in [6.45, 7) is 1.13. The van der Waals surface area contributed by atoms with Gasteiger partial charge in [0.25, 0.3) is 0 Å². The number of rotatable bonds is 7. The highest BCUT2D eigenvalue weighted by atomic mass is 35.5. The molecule has 2 saturated heterocycles. The van der Waals surface area contributed by atoms with Gasteiger partial charge in [0, 0.05) is 19.2 Å². The summed E-state index contributed by atoms with van der Waals surface area (Å²) in [5.41, 5.74) is 1.64. The summed E-state index contributed by atoms with van der Waals surface area (Å²) in [7, 11) is -9.45. The van der Waals surface area contributed by atoms with Crippen LogP contribution in [0.2, 0.25) is 5.15 Å². The number of anilines is 1. The van der Waals surface area contributed by atoms with Crippen LogP contribution in [0.25, 0.3) is 5.65 Å². The van der Waals surface area contributed by atoms with E-state index in [2.05, 4.69) is 15.0 Å². The molecule has 4 heterocycles. The minimum absolute atomic E-state index is 0.212. The lowest BCUT2D eigenvalue weighted by Crippen LogP contribution is -2.33. The Kier molecular flexibility index (Phi) is 5.90. The molecule has 2 aliphatic heterocycles. The highest BCUT2D eigenvalue weighted by molar-refractivity contribution is 7.70. The van der Waals surface area contributed by atoms with Crippen LogP contribution < -0.4 is 4.90 Å². The number of halogens is 1. The molecule has 0 aromatic carbocycles. The molecule has 0 spiro atoms. The maximum Gasteiger partial charge on any atom is 0.340 e. The summed E-state index contributed by atoms with van der Waals surface area (Å²) in [4.78, 5) is 34.0. The minimum Gasteiger partial charge on any atom is -0.387 e. The van der Waals surface area contributed by atoms with Crippen molar-refractivity contribution in [3.63, 3.8) is 0 Å². The van der Waals surface area contributed by atoms with Crippen LogP contribution in [0, 0.1) is 11.8 Å². The average molecular weight is 525 g/mol. The van der Waals surface area contributed by atoms with E-state index in [1.54, 1.807) is 6.07 Å². The Morgan fingerprint density at radius 2 is 1.88 bits per heavy atom. The molecule has 182 valence electrons. The fourth-order valence-electron chi connectivity index (χ4n) is 4.56. The Hall–Kier alpha value is -1.11. The quantitative estimate of drug-likeness (QED) is 0.313. The van der Waals surface area contributed by atoms with E-state index in [-0.39, 0.29) is 5.15 Å². The predicted molar refractivity (Wildman–Crippen MR) is 114 cm³/mol. The summed E-state index contributed by atoms with van der Waals surface area (Å²) >= 11 is 6.25. The lowest BCUT2D eigenvalue weighted by atomic mass is 10.1. The van der Waals surface area contributed by atoms with Gasteiger partial charge in [-0.1, -0.05) is 11.6 Å². The summed E-state index contributed by atoms with van der Waals surface area (Å²) < 4.78 is 34.7. The number of nitrogens with zero attached hydrogens (tertiary/aromatic N) is 4. The molecule has 0 amide bonds. The topological polar surface area (TPSA) is 187 Å². The normalized spacial score (nSPS) is 33.5. The van der Waals surface area contributed by atoms with Gasteiger partial charge in [-0.25, -0.2) is 9.50 Å². The second-order valence-corrected chi connectivity index (χ2v) is 13.1. The van der Waals surface area contributed by atoms with E-state index in [9.17, 15) is 24.2 Å². The third-order valence-electron chi connectivity index (χ3n) is 6.22. The number of imidazole rings is 1. The van der Waals surface area contributed by atoms with Gasteiger partial charge in [-0.3, -0.25) is 9.13 Å².